The summed E-state index contributed by atoms with van der Waals surface area (Å²) in [6.45, 7) is 6.36. The van der Waals surface area contributed by atoms with Crippen LogP contribution in [0.2, 0.25) is 0 Å². The van der Waals surface area contributed by atoms with E-state index in [0.717, 1.165) is 22.5 Å². The third-order valence-corrected chi connectivity index (χ3v) is 4.85. The molecule has 1 saturated heterocycles. The van der Waals surface area contributed by atoms with Crippen LogP contribution in [0.3, 0.4) is 0 Å². The number of amides is 2. The molecule has 0 saturated carbocycles. The van der Waals surface area contributed by atoms with Crippen molar-refractivity contribution in [2.24, 2.45) is 5.92 Å². The highest BCUT2D eigenvalue weighted by Gasteiger charge is 2.36. The number of carbonyl (C=O) groups is 2. The van der Waals surface area contributed by atoms with Crippen molar-refractivity contribution < 1.29 is 9.59 Å². The van der Waals surface area contributed by atoms with Gasteiger partial charge in [0.15, 0.2) is 0 Å². The zero-order valence-electron chi connectivity index (χ0n) is 14.8. The van der Waals surface area contributed by atoms with Crippen LogP contribution in [0.4, 0.5) is 5.69 Å². The molecule has 3 rings (SSSR count). The van der Waals surface area contributed by atoms with Crippen LogP contribution in [0.15, 0.2) is 42.6 Å². The molecule has 1 aliphatic rings. The summed E-state index contributed by atoms with van der Waals surface area (Å²) in [6, 6.07) is 11.4. The topological polar surface area (TPSA) is 62.3 Å². The van der Waals surface area contributed by atoms with Gasteiger partial charge in [0.2, 0.25) is 11.8 Å². The predicted molar refractivity (Wildman–Crippen MR) is 97.2 cm³/mol. The van der Waals surface area contributed by atoms with E-state index in [1.54, 1.807) is 11.1 Å². The van der Waals surface area contributed by atoms with Gasteiger partial charge in [0, 0.05) is 24.8 Å². The zero-order valence-corrected chi connectivity index (χ0v) is 14.8. The number of aryl methyl sites for hydroxylation is 1. The van der Waals surface area contributed by atoms with Gasteiger partial charge in [-0.2, -0.15) is 0 Å². The summed E-state index contributed by atoms with van der Waals surface area (Å²) in [6.07, 6.45) is 1.95. The first-order valence-electron chi connectivity index (χ1n) is 8.55. The molecule has 0 radical (unpaired) electrons. The molecule has 2 atom stereocenters. The molecule has 2 heterocycles. The lowest BCUT2D eigenvalue weighted by atomic mass is 10.1. The van der Waals surface area contributed by atoms with E-state index in [0.29, 0.717) is 6.54 Å². The predicted octanol–water partition coefficient (Wildman–Crippen LogP) is 2.93. The number of carbonyl (C=O) groups excluding carboxylic acids is 2. The summed E-state index contributed by atoms with van der Waals surface area (Å²) in [4.78, 5) is 31.0. The van der Waals surface area contributed by atoms with Gasteiger partial charge in [-0.15, -0.1) is 0 Å². The van der Waals surface area contributed by atoms with Gasteiger partial charge in [0.05, 0.1) is 17.7 Å². The van der Waals surface area contributed by atoms with Gasteiger partial charge < -0.3 is 10.2 Å². The van der Waals surface area contributed by atoms with Crippen molar-refractivity contribution in [2.45, 2.75) is 33.2 Å². The number of anilines is 1. The largest absolute Gasteiger partial charge is 0.348 e. The Bertz CT molecular complexity index is 789. The summed E-state index contributed by atoms with van der Waals surface area (Å²) in [7, 11) is 0. The van der Waals surface area contributed by atoms with Crippen LogP contribution in [-0.2, 0) is 9.59 Å². The molecule has 25 heavy (non-hydrogen) atoms. The summed E-state index contributed by atoms with van der Waals surface area (Å²) in [5.41, 5.74) is 3.94. The van der Waals surface area contributed by atoms with E-state index >= 15 is 0 Å². The highest BCUT2D eigenvalue weighted by Crippen LogP contribution is 2.29. The fourth-order valence-electron chi connectivity index (χ4n) is 3.18. The van der Waals surface area contributed by atoms with Crippen molar-refractivity contribution in [3.8, 4) is 0 Å². The summed E-state index contributed by atoms with van der Waals surface area (Å²) < 4.78 is 0. The van der Waals surface area contributed by atoms with E-state index in [1.807, 2.05) is 57.2 Å². The lowest BCUT2D eigenvalue weighted by molar-refractivity contribution is -0.126. The fourth-order valence-corrected chi connectivity index (χ4v) is 3.18. The normalized spacial score (nSPS) is 18.3. The lowest BCUT2D eigenvalue weighted by Gasteiger charge is -2.21. The number of nitrogens with zero attached hydrogens (tertiary/aromatic N) is 2. The molecule has 1 aromatic carbocycles. The first-order valence-corrected chi connectivity index (χ1v) is 8.55. The van der Waals surface area contributed by atoms with Crippen molar-refractivity contribution in [3.05, 3.63) is 59.4 Å². The zero-order chi connectivity index (χ0) is 18.0. The molecule has 0 spiro atoms. The van der Waals surface area contributed by atoms with Crippen molar-refractivity contribution in [1.29, 1.82) is 0 Å². The minimum atomic E-state index is -0.335. The maximum absolute atomic E-state index is 12.6. The van der Waals surface area contributed by atoms with Gasteiger partial charge in [-0.3, -0.25) is 14.6 Å². The average molecular weight is 337 g/mol. The van der Waals surface area contributed by atoms with Crippen molar-refractivity contribution in [2.75, 3.05) is 11.4 Å². The molecular formula is C20H23N3O2. The Morgan fingerprint density at radius 2 is 2.04 bits per heavy atom. The van der Waals surface area contributed by atoms with Gasteiger partial charge in [0.1, 0.15) is 0 Å². The van der Waals surface area contributed by atoms with Crippen LogP contribution in [0.5, 0.6) is 0 Å². The molecule has 1 N–H and O–H groups in total. The van der Waals surface area contributed by atoms with Gasteiger partial charge >= 0.3 is 0 Å². The first-order chi connectivity index (χ1) is 12.0. The van der Waals surface area contributed by atoms with Crippen LogP contribution >= 0.6 is 0 Å². The number of nitrogens with one attached hydrogen (secondary N) is 1. The Morgan fingerprint density at radius 3 is 2.76 bits per heavy atom. The van der Waals surface area contributed by atoms with E-state index in [1.165, 1.54) is 0 Å². The van der Waals surface area contributed by atoms with E-state index < -0.39 is 0 Å². The Morgan fingerprint density at radius 1 is 1.24 bits per heavy atom. The standard InChI is InChI=1S/C20H23N3O2/c1-13-7-6-9-18(14(13)2)23-12-16(11-19(23)24)20(25)22-15(3)17-8-4-5-10-21-17/h4-10,15-16H,11-12H2,1-3H3,(H,22,25). The monoisotopic (exact) mass is 337 g/mol. The highest BCUT2D eigenvalue weighted by molar-refractivity contribution is 6.01. The fraction of sp³-hybridized carbons (Fsp3) is 0.350. The summed E-state index contributed by atoms with van der Waals surface area (Å²) >= 11 is 0. The maximum atomic E-state index is 12.6. The Hall–Kier alpha value is -2.69. The molecule has 2 amide bonds. The SMILES string of the molecule is Cc1cccc(N2CC(C(=O)NC(C)c3ccccn3)CC2=O)c1C. The smallest absolute Gasteiger partial charge is 0.227 e. The van der Waals surface area contributed by atoms with Crippen LogP contribution in [0.1, 0.15) is 36.2 Å². The lowest BCUT2D eigenvalue weighted by Crippen LogP contribution is -2.35. The van der Waals surface area contributed by atoms with Gasteiger partial charge in [0.25, 0.3) is 0 Å². The second-order valence-electron chi connectivity index (χ2n) is 6.61. The third kappa shape index (κ3) is 3.55. The Balaban J connectivity index is 1.70. The Labute approximate surface area is 148 Å². The second-order valence-corrected chi connectivity index (χ2v) is 6.61. The van der Waals surface area contributed by atoms with Crippen LogP contribution in [-0.4, -0.2) is 23.3 Å². The Kier molecular flexibility index (Phi) is 4.83. The van der Waals surface area contributed by atoms with E-state index in [9.17, 15) is 9.59 Å². The van der Waals surface area contributed by atoms with Crippen molar-refractivity contribution in [1.82, 2.24) is 10.3 Å². The maximum Gasteiger partial charge on any atom is 0.227 e. The summed E-state index contributed by atoms with van der Waals surface area (Å²) in [5.74, 6) is -0.433. The number of hydrogen-bond acceptors (Lipinski definition) is 3. The molecule has 130 valence electrons. The molecule has 1 aliphatic heterocycles. The average Bonchev–Trinajstić information content (AvgIpc) is 3.00. The number of hydrogen-bond donors (Lipinski definition) is 1. The molecule has 2 unspecified atom stereocenters. The highest BCUT2D eigenvalue weighted by atomic mass is 16.2. The van der Waals surface area contributed by atoms with Crippen LogP contribution < -0.4 is 10.2 Å². The third-order valence-electron chi connectivity index (χ3n) is 4.85. The number of benzene rings is 1. The van der Waals surface area contributed by atoms with E-state index in [2.05, 4.69) is 10.3 Å². The molecule has 2 aromatic rings. The molecule has 0 bridgehead atoms. The van der Waals surface area contributed by atoms with Gasteiger partial charge in [-0.05, 0) is 50.1 Å². The van der Waals surface area contributed by atoms with Gasteiger partial charge in [-0.1, -0.05) is 18.2 Å². The number of rotatable bonds is 4. The minimum Gasteiger partial charge on any atom is -0.348 e. The molecule has 5 nitrogen and oxygen atoms in total. The van der Waals surface area contributed by atoms with Crippen LogP contribution in [0, 0.1) is 19.8 Å². The number of pyridine rings is 1. The first kappa shape index (κ1) is 17.1. The summed E-state index contributed by atoms with van der Waals surface area (Å²) in [5, 5.41) is 2.98. The molecule has 1 aromatic heterocycles. The molecular weight excluding hydrogens is 314 g/mol. The molecule has 0 aliphatic carbocycles. The van der Waals surface area contributed by atoms with Gasteiger partial charge in [-0.25, -0.2) is 0 Å². The van der Waals surface area contributed by atoms with E-state index in [-0.39, 0.29) is 30.2 Å². The van der Waals surface area contributed by atoms with E-state index in [4.69, 9.17) is 0 Å². The molecule has 5 heteroatoms. The molecule has 1 fully saturated rings. The van der Waals surface area contributed by atoms with Crippen molar-refractivity contribution >= 4 is 17.5 Å². The minimum absolute atomic E-state index is 0.000612. The van der Waals surface area contributed by atoms with Crippen molar-refractivity contribution in [3.63, 3.8) is 0 Å². The van der Waals surface area contributed by atoms with Crippen LogP contribution in [0.25, 0.3) is 0 Å². The number of aromatic nitrogens is 1. The second kappa shape index (κ2) is 7.05. The quantitative estimate of drug-likeness (QED) is 0.933.